The number of piperazine rings is 1. The van der Waals surface area contributed by atoms with Crippen LogP contribution in [0.3, 0.4) is 0 Å². The van der Waals surface area contributed by atoms with Crippen molar-refractivity contribution in [2.75, 3.05) is 26.2 Å². The summed E-state index contributed by atoms with van der Waals surface area (Å²) >= 11 is 0. The minimum absolute atomic E-state index is 0. The van der Waals surface area contributed by atoms with Crippen LogP contribution in [0.15, 0.2) is 18.2 Å². The molecule has 1 atom stereocenters. The SMILES string of the molecule is Cc1cc(F)ccc1[C@H](CC#N)N1CCNCC1.Cl.Cl. The van der Waals surface area contributed by atoms with Gasteiger partial charge in [0.1, 0.15) is 5.82 Å². The maximum absolute atomic E-state index is 13.2. The Morgan fingerprint density at radius 3 is 2.55 bits per heavy atom. The lowest BCUT2D eigenvalue weighted by Crippen LogP contribution is -2.45. The normalized spacial score (nSPS) is 16.4. The lowest BCUT2D eigenvalue weighted by molar-refractivity contribution is 0.175. The van der Waals surface area contributed by atoms with E-state index in [-0.39, 0.29) is 36.7 Å². The molecule has 1 heterocycles. The first-order valence-electron chi connectivity index (χ1n) is 6.30. The van der Waals surface area contributed by atoms with Crippen LogP contribution < -0.4 is 5.32 Å². The Morgan fingerprint density at radius 2 is 2.00 bits per heavy atom. The lowest BCUT2D eigenvalue weighted by Gasteiger charge is -2.34. The van der Waals surface area contributed by atoms with Gasteiger partial charge < -0.3 is 5.32 Å². The molecule has 1 N–H and O–H groups in total. The van der Waals surface area contributed by atoms with E-state index in [0.29, 0.717) is 6.42 Å². The number of rotatable bonds is 3. The van der Waals surface area contributed by atoms with Crippen LogP contribution in [0.4, 0.5) is 4.39 Å². The fraction of sp³-hybridized carbons (Fsp3) is 0.500. The van der Waals surface area contributed by atoms with Gasteiger partial charge in [0.05, 0.1) is 12.5 Å². The van der Waals surface area contributed by atoms with Crippen LogP contribution >= 0.6 is 24.8 Å². The number of nitrogens with zero attached hydrogens (tertiary/aromatic N) is 2. The molecule has 0 amide bonds. The molecule has 1 aromatic rings. The summed E-state index contributed by atoms with van der Waals surface area (Å²) in [4.78, 5) is 2.31. The second kappa shape index (κ2) is 9.15. The molecule has 0 unspecified atom stereocenters. The fourth-order valence-corrected chi connectivity index (χ4v) is 2.53. The third-order valence-electron chi connectivity index (χ3n) is 3.47. The van der Waals surface area contributed by atoms with Crippen LogP contribution in [-0.2, 0) is 0 Å². The standard InChI is InChI=1S/C14H18FN3.2ClH/c1-11-10-12(15)2-3-13(11)14(4-5-16)18-8-6-17-7-9-18;;/h2-3,10,14,17H,4,6-9H2,1H3;2*1H/t14-;;/m0../s1. The minimum atomic E-state index is -0.215. The van der Waals surface area contributed by atoms with Gasteiger partial charge in [0.25, 0.3) is 0 Å². The Morgan fingerprint density at radius 1 is 1.35 bits per heavy atom. The van der Waals surface area contributed by atoms with Gasteiger partial charge in [0.2, 0.25) is 0 Å². The molecule has 1 aromatic carbocycles. The summed E-state index contributed by atoms with van der Waals surface area (Å²) in [5, 5.41) is 12.3. The largest absolute Gasteiger partial charge is 0.314 e. The van der Waals surface area contributed by atoms with Crippen LogP contribution in [-0.4, -0.2) is 31.1 Å². The number of hydrogen-bond acceptors (Lipinski definition) is 3. The molecule has 20 heavy (non-hydrogen) atoms. The molecule has 112 valence electrons. The van der Waals surface area contributed by atoms with Gasteiger partial charge in [0.15, 0.2) is 0 Å². The highest BCUT2D eigenvalue weighted by atomic mass is 35.5. The molecule has 2 rings (SSSR count). The maximum atomic E-state index is 13.2. The third kappa shape index (κ3) is 4.60. The van der Waals surface area contributed by atoms with Crippen molar-refractivity contribution in [3.8, 4) is 6.07 Å². The summed E-state index contributed by atoms with van der Waals surface area (Å²) in [7, 11) is 0. The summed E-state index contributed by atoms with van der Waals surface area (Å²) in [6, 6.07) is 7.17. The molecule has 0 aromatic heterocycles. The van der Waals surface area contributed by atoms with Crippen LogP contribution in [0.1, 0.15) is 23.6 Å². The molecule has 0 bridgehead atoms. The Balaban J connectivity index is 0.00000180. The summed E-state index contributed by atoms with van der Waals surface area (Å²) in [5.41, 5.74) is 1.99. The number of nitriles is 1. The predicted molar refractivity (Wildman–Crippen MR) is 83.0 cm³/mol. The van der Waals surface area contributed by atoms with E-state index in [2.05, 4.69) is 16.3 Å². The smallest absolute Gasteiger partial charge is 0.123 e. The van der Waals surface area contributed by atoms with Crippen molar-refractivity contribution in [3.05, 3.63) is 35.1 Å². The van der Waals surface area contributed by atoms with Gasteiger partial charge in [-0.15, -0.1) is 24.8 Å². The Hall–Kier alpha value is -0.860. The minimum Gasteiger partial charge on any atom is -0.314 e. The molecule has 1 saturated heterocycles. The van der Waals surface area contributed by atoms with E-state index in [4.69, 9.17) is 5.26 Å². The summed E-state index contributed by atoms with van der Waals surface area (Å²) in [6.45, 7) is 5.67. The zero-order chi connectivity index (χ0) is 13.0. The number of nitrogens with one attached hydrogen (secondary N) is 1. The van der Waals surface area contributed by atoms with E-state index in [1.165, 1.54) is 6.07 Å². The van der Waals surface area contributed by atoms with Gasteiger partial charge in [-0.25, -0.2) is 4.39 Å². The first-order chi connectivity index (χ1) is 8.72. The van der Waals surface area contributed by atoms with Crippen molar-refractivity contribution in [2.45, 2.75) is 19.4 Å². The second-order valence-electron chi connectivity index (χ2n) is 4.66. The molecule has 1 aliphatic heterocycles. The van der Waals surface area contributed by atoms with Crippen molar-refractivity contribution in [1.82, 2.24) is 10.2 Å². The molecule has 0 aliphatic carbocycles. The summed E-state index contributed by atoms with van der Waals surface area (Å²) in [5.74, 6) is -0.215. The third-order valence-corrected chi connectivity index (χ3v) is 3.47. The monoisotopic (exact) mass is 319 g/mol. The highest BCUT2D eigenvalue weighted by Gasteiger charge is 2.23. The van der Waals surface area contributed by atoms with E-state index in [0.717, 1.165) is 37.3 Å². The average Bonchev–Trinajstić information content (AvgIpc) is 2.38. The first-order valence-corrected chi connectivity index (χ1v) is 6.30. The molecular weight excluding hydrogens is 300 g/mol. The molecule has 1 fully saturated rings. The molecule has 0 saturated carbocycles. The van der Waals surface area contributed by atoms with Gasteiger partial charge in [-0.2, -0.15) is 5.26 Å². The number of hydrogen-bond donors (Lipinski definition) is 1. The molecular formula is C14H20Cl2FN3. The van der Waals surface area contributed by atoms with Gasteiger partial charge in [-0.1, -0.05) is 6.07 Å². The fourth-order valence-electron chi connectivity index (χ4n) is 2.53. The van der Waals surface area contributed by atoms with Crippen molar-refractivity contribution in [2.24, 2.45) is 0 Å². The van der Waals surface area contributed by atoms with E-state index in [1.807, 2.05) is 13.0 Å². The van der Waals surface area contributed by atoms with Gasteiger partial charge in [-0.3, -0.25) is 4.90 Å². The van der Waals surface area contributed by atoms with Crippen molar-refractivity contribution in [3.63, 3.8) is 0 Å². The van der Waals surface area contributed by atoms with E-state index >= 15 is 0 Å². The van der Waals surface area contributed by atoms with Crippen LogP contribution in [0.2, 0.25) is 0 Å². The predicted octanol–water partition coefficient (Wildman–Crippen LogP) is 2.84. The van der Waals surface area contributed by atoms with Crippen molar-refractivity contribution in [1.29, 1.82) is 5.26 Å². The Kier molecular flexibility index (Phi) is 8.75. The van der Waals surface area contributed by atoms with Crippen LogP contribution in [0, 0.1) is 24.1 Å². The number of halogens is 3. The molecule has 1 aliphatic rings. The van der Waals surface area contributed by atoms with Crippen molar-refractivity contribution < 1.29 is 4.39 Å². The van der Waals surface area contributed by atoms with Gasteiger partial charge in [0, 0.05) is 32.2 Å². The number of aryl methyl sites for hydroxylation is 1. The molecule has 6 heteroatoms. The van der Waals surface area contributed by atoms with Crippen molar-refractivity contribution >= 4 is 24.8 Å². The lowest BCUT2D eigenvalue weighted by atomic mass is 9.97. The first kappa shape index (κ1) is 19.1. The Labute approximate surface area is 132 Å². The molecule has 0 radical (unpaired) electrons. The number of benzene rings is 1. The summed E-state index contributed by atoms with van der Waals surface area (Å²) in [6.07, 6.45) is 0.451. The molecule has 3 nitrogen and oxygen atoms in total. The Bertz CT molecular complexity index is 456. The maximum Gasteiger partial charge on any atom is 0.123 e. The molecule has 0 spiro atoms. The average molecular weight is 320 g/mol. The zero-order valence-electron chi connectivity index (χ0n) is 11.4. The summed E-state index contributed by atoms with van der Waals surface area (Å²) < 4.78 is 13.2. The van der Waals surface area contributed by atoms with Crippen LogP contribution in [0.25, 0.3) is 0 Å². The van der Waals surface area contributed by atoms with E-state index in [1.54, 1.807) is 6.07 Å². The topological polar surface area (TPSA) is 39.1 Å². The quantitative estimate of drug-likeness (QED) is 0.931. The highest BCUT2D eigenvalue weighted by molar-refractivity contribution is 5.85. The van der Waals surface area contributed by atoms with E-state index in [9.17, 15) is 4.39 Å². The van der Waals surface area contributed by atoms with Gasteiger partial charge >= 0.3 is 0 Å². The van der Waals surface area contributed by atoms with Crippen LogP contribution in [0.5, 0.6) is 0 Å². The van der Waals surface area contributed by atoms with Gasteiger partial charge in [-0.05, 0) is 30.2 Å². The zero-order valence-corrected chi connectivity index (χ0v) is 13.1. The highest BCUT2D eigenvalue weighted by Crippen LogP contribution is 2.27. The van der Waals surface area contributed by atoms with E-state index < -0.39 is 0 Å². The second-order valence-corrected chi connectivity index (χ2v) is 4.66.